The molecule has 0 fully saturated rings. The third kappa shape index (κ3) is 3.57. The van der Waals surface area contributed by atoms with Crippen molar-refractivity contribution in [2.45, 2.75) is 13.1 Å². The number of nitrogens with zero attached hydrogens (tertiary/aromatic N) is 4. The second kappa shape index (κ2) is 7.22. The highest BCUT2D eigenvalue weighted by atomic mass is 19.4. The number of alkyl halides is 3. The number of carbonyl (C=O) groups is 1. The molecule has 0 aliphatic carbocycles. The topological polar surface area (TPSA) is 90.6 Å². The van der Waals surface area contributed by atoms with Gasteiger partial charge < -0.3 is 14.8 Å². The Labute approximate surface area is 178 Å². The lowest BCUT2D eigenvalue weighted by Crippen LogP contribution is -2.16. The van der Waals surface area contributed by atoms with E-state index in [-0.39, 0.29) is 18.3 Å². The molecule has 0 radical (unpaired) electrons. The Morgan fingerprint density at radius 3 is 2.53 bits per heavy atom. The second-order valence-corrected chi connectivity index (χ2v) is 7.06. The SMILES string of the molecule is Cc1ccc(-c2cc(C(F)(F)F)n3nc(C(=O)Nc4ccc5c(c4)OCO5)nc3n2)cc1. The molecule has 5 rings (SSSR count). The molecule has 1 aliphatic heterocycles. The number of hydrogen-bond donors (Lipinski definition) is 1. The lowest BCUT2D eigenvalue weighted by atomic mass is 10.1. The standard InChI is InChI=1S/C21H14F3N5O3/c1-11-2-4-12(5-3-11)14-9-17(21(22,23)24)29-20(26-14)27-18(28-29)19(30)25-13-6-7-15-16(8-13)32-10-31-15/h2-9H,10H2,1H3,(H,25,30). The highest BCUT2D eigenvalue weighted by Crippen LogP contribution is 2.34. The van der Waals surface area contributed by atoms with Crippen molar-refractivity contribution in [3.8, 4) is 22.8 Å². The van der Waals surface area contributed by atoms with Gasteiger partial charge in [0.05, 0.1) is 5.69 Å². The minimum Gasteiger partial charge on any atom is -0.454 e. The summed E-state index contributed by atoms with van der Waals surface area (Å²) in [6.07, 6.45) is -4.74. The maximum atomic E-state index is 13.7. The Morgan fingerprint density at radius 2 is 1.78 bits per heavy atom. The number of halogens is 3. The molecule has 11 heteroatoms. The van der Waals surface area contributed by atoms with Gasteiger partial charge in [0, 0.05) is 17.3 Å². The summed E-state index contributed by atoms with van der Waals surface area (Å²) >= 11 is 0. The van der Waals surface area contributed by atoms with Gasteiger partial charge in [-0.25, -0.2) is 4.98 Å². The largest absolute Gasteiger partial charge is 0.454 e. The molecule has 0 unspecified atom stereocenters. The molecule has 1 aliphatic rings. The Hall–Kier alpha value is -4.15. The van der Waals surface area contributed by atoms with Gasteiger partial charge in [0.1, 0.15) is 0 Å². The van der Waals surface area contributed by atoms with Crippen molar-refractivity contribution in [3.63, 3.8) is 0 Å². The van der Waals surface area contributed by atoms with Crippen molar-refractivity contribution in [2.75, 3.05) is 12.1 Å². The van der Waals surface area contributed by atoms with E-state index in [0.29, 0.717) is 27.3 Å². The van der Waals surface area contributed by atoms with Crippen LogP contribution in [0.25, 0.3) is 17.0 Å². The van der Waals surface area contributed by atoms with Gasteiger partial charge in [0.25, 0.3) is 11.7 Å². The zero-order valence-corrected chi connectivity index (χ0v) is 16.5. The predicted molar refractivity (Wildman–Crippen MR) is 106 cm³/mol. The van der Waals surface area contributed by atoms with E-state index in [1.54, 1.807) is 36.4 Å². The van der Waals surface area contributed by atoms with Crippen molar-refractivity contribution in [1.82, 2.24) is 19.6 Å². The van der Waals surface area contributed by atoms with Gasteiger partial charge in [-0.2, -0.15) is 22.7 Å². The molecule has 3 heterocycles. The smallest absolute Gasteiger partial charge is 0.433 e. The first kappa shape index (κ1) is 19.8. The molecule has 0 saturated heterocycles. The minimum atomic E-state index is -4.74. The number of fused-ring (bicyclic) bond motifs is 2. The summed E-state index contributed by atoms with van der Waals surface area (Å²) in [7, 11) is 0. The summed E-state index contributed by atoms with van der Waals surface area (Å²) in [5.74, 6) is -0.627. The van der Waals surface area contributed by atoms with Gasteiger partial charge in [0.2, 0.25) is 12.6 Å². The summed E-state index contributed by atoms with van der Waals surface area (Å²) in [5, 5.41) is 6.29. The zero-order chi connectivity index (χ0) is 22.5. The summed E-state index contributed by atoms with van der Waals surface area (Å²) in [4.78, 5) is 20.7. The number of hydrogen-bond acceptors (Lipinski definition) is 6. The zero-order valence-electron chi connectivity index (χ0n) is 16.5. The number of anilines is 1. The lowest BCUT2D eigenvalue weighted by molar-refractivity contribution is -0.142. The van der Waals surface area contributed by atoms with E-state index in [1.807, 2.05) is 6.92 Å². The molecule has 0 spiro atoms. The first-order valence-electron chi connectivity index (χ1n) is 9.41. The highest BCUT2D eigenvalue weighted by molar-refractivity contribution is 6.02. The van der Waals surface area contributed by atoms with Crippen LogP contribution >= 0.6 is 0 Å². The number of rotatable bonds is 3. The Balaban J connectivity index is 1.53. The molecular formula is C21H14F3N5O3. The van der Waals surface area contributed by atoms with Crippen LogP contribution in [-0.4, -0.2) is 32.3 Å². The molecule has 0 bridgehead atoms. The van der Waals surface area contributed by atoms with Crippen molar-refractivity contribution >= 4 is 17.4 Å². The molecule has 2 aromatic heterocycles. The normalized spacial score (nSPS) is 12.9. The fraction of sp³-hybridized carbons (Fsp3) is 0.143. The molecule has 4 aromatic rings. The van der Waals surface area contributed by atoms with Crippen LogP contribution in [0.3, 0.4) is 0 Å². The molecular weight excluding hydrogens is 427 g/mol. The fourth-order valence-electron chi connectivity index (χ4n) is 3.20. The Bertz CT molecular complexity index is 1350. The van der Waals surface area contributed by atoms with Crippen LogP contribution in [0.15, 0.2) is 48.5 Å². The number of benzene rings is 2. The van der Waals surface area contributed by atoms with Crippen LogP contribution in [0.2, 0.25) is 0 Å². The quantitative estimate of drug-likeness (QED) is 0.515. The lowest BCUT2D eigenvalue weighted by Gasteiger charge is -2.10. The van der Waals surface area contributed by atoms with Crippen LogP contribution in [0.1, 0.15) is 21.9 Å². The van der Waals surface area contributed by atoms with E-state index in [2.05, 4.69) is 20.4 Å². The summed E-state index contributed by atoms with van der Waals surface area (Å²) in [5.41, 5.74) is 0.768. The number of aromatic nitrogens is 4. The molecule has 0 atom stereocenters. The van der Waals surface area contributed by atoms with Crippen LogP contribution in [0, 0.1) is 6.92 Å². The third-order valence-electron chi connectivity index (χ3n) is 4.78. The number of nitrogens with one attached hydrogen (secondary N) is 1. The molecule has 32 heavy (non-hydrogen) atoms. The van der Waals surface area contributed by atoms with Crippen LogP contribution < -0.4 is 14.8 Å². The number of carbonyl (C=O) groups excluding carboxylic acids is 1. The van der Waals surface area contributed by atoms with E-state index in [1.165, 1.54) is 6.07 Å². The van der Waals surface area contributed by atoms with Gasteiger partial charge in [-0.3, -0.25) is 4.79 Å². The van der Waals surface area contributed by atoms with E-state index in [0.717, 1.165) is 11.6 Å². The molecule has 1 N–H and O–H groups in total. The maximum Gasteiger partial charge on any atom is 0.433 e. The van der Waals surface area contributed by atoms with E-state index >= 15 is 0 Å². The van der Waals surface area contributed by atoms with Crippen LogP contribution in [0.5, 0.6) is 11.5 Å². The second-order valence-electron chi connectivity index (χ2n) is 7.06. The van der Waals surface area contributed by atoms with Gasteiger partial charge >= 0.3 is 6.18 Å². The van der Waals surface area contributed by atoms with Crippen molar-refractivity contribution in [3.05, 3.63) is 65.6 Å². The summed E-state index contributed by atoms with van der Waals surface area (Å²) < 4.78 is 52.1. The first-order valence-corrected chi connectivity index (χ1v) is 9.41. The monoisotopic (exact) mass is 441 g/mol. The first-order chi connectivity index (χ1) is 15.3. The van der Waals surface area contributed by atoms with Crippen molar-refractivity contribution in [2.24, 2.45) is 0 Å². The number of ether oxygens (including phenoxy) is 2. The summed E-state index contributed by atoms with van der Waals surface area (Å²) in [6, 6.07) is 12.4. The average Bonchev–Trinajstić information content (AvgIpc) is 3.39. The fourth-order valence-corrected chi connectivity index (χ4v) is 3.20. The molecule has 2 aromatic carbocycles. The molecule has 8 nitrogen and oxygen atoms in total. The van der Waals surface area contributed by atoms with Gasteiger partial charge in [-0.1, -0.05) is 29.8 Å². The van der Waals surface area contributed by atoms with E-state index in [9.17, 15) is 18.0 Å². The van der Waals surface area contributed by atoms with Gasteiger partial charge in [-0.05, 0) is 25.1 Å². The van der Waals surface area contributed by atoms with Crippen LogP contribution in [0.4, 0.5) is 18.9 Å². The molecule has 0 saturated carbocycles. The van der Waals surface area contributed by atoms with Gasteiger partial charge in [-0.15, -0.1) is 5.10 Å². The van der Waals surface area contributed by atoms with Crippen molar-refractivity contribution < 1.29 is 27.4 Å². The Kier molecular flexibility index (Phi) is 4.47. The Morgan fingerprint density at radius 1 is 1.03 bits per heavy atom. The van der Waals surface area contributed by atoms with E-state index in [4.69, 9.17) is 9.47 Å². The van der Waals surface area contributed by atoms with Crippen LogP contribution in [-0.2, 0) is 6.18 Å². The minimum absolute atomic E-state index is 0.0654. The number of amides is 1. The predicted octanol–water partition coefficient (Wildman–Crippen LogP) is 4.10. The highest BCUT2D eigenvalue weighted by Gasteiger charge is 2.36. The maximum absolute atomic E-state index is 13.7. The summed E-state index contributed by atoms with van der Waals surface area (Å²) in [6.45, 7) is 1.93. The molecule has 162 valence electrons. The third-order valence-corrected chi connectivity index (χ3v) is 4.78. The van der Waals surface area contributed by atoms with Gasteiger partial charge in [0.15, 0.2) is 17.2 Å². The van der Waals surface area contributed by atoms with E-state index < -0.39 is 23.6 Å². The average molecular weight is 441 g/mol. The molecule has 1 amide bonds. The van der Waals surface area contributed by atoms with Crippen molar-refractivity contribution in [1.29, 1.82) is 0 Å². The number of aryl methyl sites for hydroxylation is 1.